The largest absolute Gasteiger partial charge is 0.488 e. The number of benzene rings is 1. The summed E-state index contributed by atoms with van der Waals surface area (Å²) in [5, 5.41) is 2.07. The summed E-state index contributed by atoms with van der Waals surface area (Å²) in [4.78, 5) is 1.25. The summed E-state index contributed by atoms with van der Waals surface area (Å²) in [6, 6.07) is 10.6. The van der Waals surface area contributed by atoms with Crippen molar-refractivity contribution in [2.45, 2.75) is 25.5 Å². The third kappa shape index (κ3) is 2.21. The number of aryl methyl sites for hydroxylation is 1. The molecule has 17 heavy (non-hydrogen) atoms. The lowest BCUT2D eigenvalue weighted by molar-refractivity contribution is 0.309. The van der Waals surface area contributed by atoms with E-state index in [2.05, 4.69) is 23.6 Å². The van der Waals surface area contributed by atoms with Gasteiger partial charge in [0, 0.05) is 10.9 Å². The summed E-state index contributed by atoms with van der Waals surface area (Å²) < 4.78 is 5.78. The minimum absolute atomic E-state index is 0.219. The van der Waals surface area contributed by atoms with Gasteiger partial charge in [-0.1, -0.05) is 12.1 Å². The fraction of sp³-hybridized carbons (Fsp3) is 0.286. The Morgan fingerprint density at radius 1 is 1.35 bits per heavy atom. The minimum atomic E-state index is 0.219. The van der Waals surface area contributed by atoms with Gasteiger partial charge >= 0.3 is 0 Å². The van der Waals surface area contributed by atoms with Gasteiger partial charge in [0.1, 0.15) is 12.4 Å². The van der Waals surface area contributed by atoms with Crippen molar-refractivity contribution < 1.29 is 4.74 Å². The predicted octanol–water partition coefficient (Wildman–Crippen LogP) is 3.27. The lowest BCUT2D eigenvalue weighted by Crippen LogP contribution is -2.04. The fourth-order valence-corrected chi connectivity index (χ4v) is 2.88. The van der Waals surface area contributed by atoms with Crippen LogP contribution in [0.1, 0.15) is 28.5 Å². The molecular weight excluding hydrogens is 230 g/mol. The second-order valence-corrected chi connectivity index (χ2v) is 5.41. The van der Waals surface area contributed by atoms with Gasteiger partial charge in [-0.15, -0.1) is 11.3 Å². The molecule has 3 heteroatoms. The van der Waals surface area contributed by atoms with E-state index in [4.69, 9.17) is 10.5 Å². The lowest BCUT2D eigenvalue weighted by Gasteiger charge is -2.08. The molecule has 0 bridgehead atoms. The van der Waals surface area contributed by atoms with E-state index < -0.39 is 0 Å². The first-order valence-corrected chi connectivity index (χ1v) is 6.74. The molecule has 88 valence electrons. The van der Waals surface area contributed by atoms with E-state index in [1.165, 1.54) is 16.0 Å². The van der Waals surface area contributed by atoms with Crippen molar-refractivity contribution in [2.75, 3.05) is 0 Å². The maximum Gasteiger partial charge on any atom is 0.122 e. The Labute approximate surface area is 105 Å². The van der Waals surface area contributed by atoms with Gasteiger partial charge in [-0.2, -0.15) is 0 Å². The van der Waals surface area contributed by atoms with Crippen molar-refractivity contribution in [3.8, 4) is 5.75 Å². The Bertz CT molecular complexity index is 507. The summed E-state index contributed by atoms with van der Waals surface area (Å²) in [7, 11) is 0. The zero-order valence-electron chi connectivity index (χ0n) is 9.56. The van der Waals surface area contributed by atoms with Gasteiger partial charge in [-0.25, -0.2) is 0 Å². The molecule has 0 radical (unpaired) electrons. The molecule has 0 fully saturated rings. The van der Waals surface area contributed by atoms with Crippen molar-refractivity contribution in [3.63, 3.8) is 0 Å². The molecule has 0 spiro atoms. The second-order valence-electron chi connectivity index (χ2n) is 4.37. The van der Waals surface area contributed by atoms with Crippen molar-refractivity contribution in [3.05, 3.63) is 51.7 Å². The van der Waals surface area contributed by atoms with Crippen LogP contribution in [0.2, 0.25) is 0 Å². The van der Waals surface area contributed by atoms with Crippen LogP contribution in [0.3, 0.4) is 0 Å². The summed E-state index contributed by atoms with van der Waals surface area (Å²) in [5.41, 5.74) is 8.64. The van der Waals surface area contributed by atoms with E-state index in [1.54, 1.807) is 11.3 Å². The third-order valence-corrected chi connectivity index (χ3v) is 4.05. The maximum atomic E-state index is 6.01. The van der Waals surface area contributed by atoms with Crippen LogP contribution in [0.25, 0.3) is 0 Å². The number of hydrogen-bond acceptors (Lipinski definition) is 3. The maximum absolute atomic E-state index is 6.01. The van der Waals surface area contributed by atoms with Crippen molar-refractivity contribution in [2.24, 2.45) is 5.73 Å². The highest BCUT2D eigenvalue weighted by Crippen LogP contribution is 2.32. The van der Waals surface area contributed by atoms with Gasteiger partial charge in [0.2, 0.25) is 0 Å². The highest BCUT2D eigenvalue weighted by molar-refractivity contribution is 7.09. The van der Waals surface area contributed by atoms with E-state index >= 15 is 0 Å². The average molecular weight is 245 g/mol. The second kappa shape index (κ2) is 4.51. The van der Waals surface area contributed by atoms with E-state index in [9.17, 15) is 0 Å². The molecule has 1 aliphatic carbocycles. The molecule has 3 rings (SSSR count). The number of thiophene rings is 1. The topological polar surface area (TPSA) is 35.2 Å². The zero-order chi connectivity index (χ0) is 11.7. The molecule has 1 heterocycles. The number of rotatable bonds is 3. The Balaban J connectivity index is 1.72. The first kappa shape index (κ1) is 10.8. The Morgan fingerprint density at radius 2 is 2.29 bits per heavy atom. The van der Waals surface area contributed by atoms with Crippen LogP contribution >= 0.6 is 11.3 Å². The molecule has 2 aromatic rings. The highest BCUT2D eigenvalue weighted by atomic mass is 32.1. The summed E-state index contributed by atoms with van der Waals surface area (Å²) in [5.74, 6) is 0.950. The Hall–Kier alpha value is -1.32. The van der Waals surface area contributed by atoms with Crippen LogP contribution in [0, 0.1) is 0 Å². The smallest absolute Gasteiger partial charge is 0.122 e. The molecular formula is C14H15NOS. The Kier molecular flexibility index (Phi) is 2.87. The number of hydrogen-bond donors (Lipinski definition) is 1. The number of ether oxygens (including phenoxy) is 1. The van der Waals surface area contributed by atoms with Crippen LogP contribution in [0.15, 0.2) is 35.7 Å². The summed E-state index contributed by atoms with van der Waals surface area (Å²) >= 11 is 1.72. The van der Waals surface area contributed by atoms with Gasteiger partial charge in [0.15, 0.2) is 0 Å². The van der Waals surface area contributed by atoms with Crippen molar-refractivity contribution >= 4 is 11.3 Å². The van der Waals surface area contributed by atoms with Crippen LogP contribution in [-0.4, -0.2) is 0 Å². The first-order chi connectivity index (χ1) is 8.33. The van der Waals surface area contributed by atoms with Crippen LogP contribution in [0.5, 0.6) is 5.75 Å². The van der Waals surface area contributed by atoms with E-state index in [0.29, 0.717) is 6.61 Å². The molecule has 0 aliphatic heterocycles. The van der Waals surface area contributed by atoms with Gasteiger partial charge in [-0.05, 0) is 47.5 Å². The standard InChI is InChI=1S/C14H15NOS/c15-14-6-3-10-8-11(4-5-13(10)14)16-9-12-2-1-7-17-12/h1-2,4-5,7-8,14H,3,6,9,15H2/t14-/m0/s1. The van der Waals surface area contributed by atoms with Crippen molar-refractivity contribution in [1.29, 1.82) is 0 Å². The quantitative estimate of drug-likeness (QED) is 0.900. The minimum Gasteiger partial charge on any atom is -0.488 e. The van der Waals surface area contributed by atoms with Gasteiger partial charge in [-0.3, -0.25) is 0 Å². The molecule has 2 N–H and O–H groups in total. The molecule has 0 saturated heterocycles. The molecule has 1 atom stereocenters. The lowest BCUT2D eigenvalue weighted by atomic mass is 10.1. The molecule has 1 aliphatic rings. The Morgan fingerprint density at radius 3 is 3.12 bits per heavy atom. The number of fused-ring (bicyclic) bond motifs is 1. The highest BCUT2D eigenvalue weighted by Gasteiger charge is 2.18. The van der Waals surface area contributed by atoms with Gasteiger partial charge < -0.3 is 10.5 Å². The summed E-state index contributed by atoms with van der Waals surface area (Å²) in [6.45, 7) is 0.655. The third-order valence-electron chi connectivity index (χ3n) is 3.20. The first-order valence-electron chi connectivity index (χ1n) is 5.86. The van der Waals surface area contributed by atoms with Crippen LogP contribution in [0.4, 0.5) is 0 Å². The number of nitrogens with two attached hydrogens (primary N) is 1. The van der Waals surface area contributed by atoms with E-state index in [0.717, 1.165) is 18.6 Å². The fourth-order valence-electron chi connectivity index (χ4n) is 2.27. The SMILES string of the molecule is N[C@H]1CCc2cc(OCc3cccs3)ccc21. The molecule has 0 saturated carbocycles. The summed E-state index contributed by atoms with van der Waals surface area (Å²) in [6.07, 6.45) is 2.14. The molecule has 1 aromatic carbocycles. The van der Waals surface area contributed by atoms with Gasteiger partial charge in [0.25, 0.3) is 0 Å². The van der Waals surface area contributed by atoms with Crippen LogP contribution in [-0.2, 0) is 13.0 Å². The monoisotopic (exact) mass is 245 g/mol. The molecule has 0 unspecified atom stereocenters. The van der Waals surface area contributed by atoms with Gasteiger partial charge in [0.05, 0.1) is 0 Å². The molecule has 1 aromatic heterocycles. The van der Waals surface area contributed by atoms with E-state index in [-0.39, 0.29) is 6.04 Å². The molecule has 0 amide bonds. The molecule has 2 nitrogen and oxygen atoms in total. The predicted molar refractivity (Wildman–Crippen MR) is 70.3 cm³/mol. The van der Waals surface area contributed by atoms with E-state index in [1.807, 2.05) is 12.1 Å². The normalized spacial score (nSPS) is 18.1. The van der Waals surface area contributed by atoms with Crippen LogP contribution < -0.4 is 10.5 Å². The van der Waals surface area contributed by atoms with Crippen molar-refractivity contribution in [1.82, 2.24) is 0 Å². The zero-order valence-corrected chi connectivity index (χ0v) is 10.4. The average Bonchev–Trinajstić information content (AvgIpc) is 2.97.